The van der Waals surface area contributed by atoms with E-state index in [1.165, 1.54) is 19.1 Å². The van der Waals surface area contributed by atoms with Crippen LogP contribution in [0, 0.1) is 22.0 Å². The summed E-state index contributed by atoms with van der Waals surface area (Å²) in [4.78, 5) is 21.2. The van der Waals surface area contributed by atoms with Gasteiger partial charge in [0.05, 0.1) is 11.5 Å². The fraction of sp³-hybridized carbons (Fsp3) is 0.250. The van der Waals surface area contributed by atoms with Crippen LogP contribution >= 0.6 is 0 Å². The van der Waals surface area contributed by atoms with Crippen molar-refractivity contribution in [3.8, 4) is 11.8 Å². The van der Waals surface area contributed by atoms with Gasteiger partial charge >= 0.3 is 0 Å². The van der Waals surface area contributed by atoms with E-state index in [0.29, 0.717) is 12.0 Å². The Morgan fingerprint density at radius 2 is 2.28 bits per heavy atom. The molecule has 1 amide bonds. The maximum absolute atomic E-state index is 10.9. The Kier molecular flexibility index (Phi) is 4.84. The van der Waals surface area contributed by atoms with Crippen LogP contribution in [0.25, 0.3) is 0 Å². The van der Waals surface area contributed by atoms with Gasteiger partial charge in [-0.1, -0.05) is 11.8 Å². The number of carbonyl (C=O) groups excluding carboxylic acids is 1. The minimum atomic E-state index is -0.581. The molecule has 6 nitrogen and oxygen atoms in total. The average molecular weight is 248 g/mol. The van der Waals surface area contributed by atoms with Gasteiger partial charge in [0, 0.05) is 25.0 Å². The maximum Gasteiger partial charge on any atom is 0.293 e. The second kappa shape index (κ2) is 6.37. The quantitative estimate of drug-likeness (QED) is 0.479. The van der Waals surface area contributed by atoms with Crippen LogP contribution in [0.15, 0.2) is 18.2 Å². The first-order valence-electron chi connectivity index (χ1n) is 5.20. The SMILES string of the molecule is CC(=O)Nc1ccc(C#CCCO)cc1[N+](=O)[O-]. The second-order valence-electron chi connectivity index (χ2n) is 3.45. The highest BCUT2D eigenvalue weighted by Gasteiger charge is 2.14. The van der Waals surface area contributed by atoms with E-state index in [0.717, 1.165) is 0 Å². The fourth-order valence-electron chi connectivity index (χ4n) is 1.28. The van der Waals surface area contributed by atoms with Gasteiger partial charge in [0.1, 0.15) is 5.69 Å². The molecule has 1 rings (SSSR count). The number of carbonyl (C=O) groups is 1. The Hall–Kier alpha value is -2.39. The first kappa shape index (κ1) is 13.7. The molecule has 0 aliphatic heterocycles. The van der Waals surface area contributed by atoms with E-state index in [9.17, 15) is 14.9 Å². The Labute approximate surface area is 104 Å². The van der Waals surface area contributed by atoms with Gasteiger partial charge in [-0.3, -0.25) is 14.9 Å². The van der Waals surface area contributed by atoms with Crippen molar-refractivity contribution in [3.05, 3.63) is 33.9 Å². The molecule has 6 heteroatoms. The topological polar surface area (TPSA) is 92.5 Å². The van der Waals surface area contributed by atoms with Gasteiger partial charge in [-0.2, -0.15) is 0 Å². The van der Waals surface area contributed by atoms with Crippen LogP contribution in [0.3, 0.4) is 0 Å². The zero-order chi connectivity index (χ0) is 13.5. The fourth-order valence-corrected chi connectivity index (χ4v) is 1.28. The summed E-state index contributed by atoms with van der Waals surface area (Å²) in [6.07, 6.45) is 0.307. The lowest BCUT2D eigenvalue weighted by molar-refractivity contribution is -0.383. The lowest BCUT2D eigenvalue weighted by Gasteiger charge is -2.03. The third-order valence-corrected chi connectivity index (χ3v) is 1.97. The molecule has 0 saturated heterocycles. The molecule has 1 aromatic carbocycles. The molecule has 0 spiro atoms. The molecule has 0 unspecified atom stereocenters. The van der Waals surface area contributed by atoms with E-state index < -0.39 is 4.92 Å². The number of benzene rings is 1. The predicted molar refractivity (Wildman–Crippen MR) is 66.0 cm³/mol. The summed E-state index contributed by atoms with van der Waals surface area (Å²) in [6.45, 7) is 1.22. The largest absolute Gasteiger partial charge is 0.395 e. The highest BCUT2D eigenvalue weighted by molar-refractivity contribution is 5.91. The summed E-state index contributed by atoms with van der Waals surface area (Å²) >= 11 is 0. The van der Waals surface area contributed by atoms with Gasteiger partial charge in [-0.15, -0.1) is 0 Å². The van der Waals surface area contributed by atoms with E-state index in [1.54, 1.807) is 6.07 Å². The minimum absolute atomic E-state index is 0.0565. The zero-order valence-electron chi connectivity index (χ0n) is 9.77. The van der Waals surface area contributed by atoms with Crippen LogP contribution in [-0.4, -0.2) is 22.5 Å². The van der Waals surface area contributed by atoms with Crippen LogP contribution in [-0.2, 0) is 4.79 Å². The number of hydrogen-bond donors (Lipinski definition) is 2. The molecule has 1 aromatic rings. The third kappa shape index (κ3) is 3.88. The van der Waals surface area contributed by atoms with Crippen molar-refractivity contribution in [2.24, 2.45) is 0 Å². The summed E-state index contributed by atoms with van der Waals surface area (Å²) < 4.78 is 0. The maximum atomic E-state index is 10.9. The third-order valence-electron chi connectivity index (χ3n) is 1.97. The molecule has 0 aliphatic carbocycles. The lowest BCUT2D eigenvalue weighted by atomic mass is 10.1. The van der Waals surface area contributed by atoms with E-state index in [4.69, 9.17) is 5.11 Å². The number of aliphatic hydroxyl groups excluding tert-OH is 1. The van der Waals surface area contributed by atoms with Crippen molar-refractivity contribution in [2.45, 2.75) is 13.3 Å². The normalized spacial score (nSPS) is 9.22. The van der Waals surface area contributed by atoms with Crippen LogP contribution in [0.5, 0.6) is 0 Å². The standard InChI is InChI=1S/C12H12N2O4/c1-9(16)13-11-6-5-10(4-2-3-7-15)8-12(11)14(17)18/h5-6,8,15H,3,7H2,1H3,(H,13,16). The number of hydrogen-bond acceptors (Lipinski definition) is 4. The van der Waals surface area contributed by atoms with E-state index in [1.807, 2.05) is 0 Å². The molecule has 0 atom stereocenters. The number of nitro groups is 1. The van der Waals surface area contributed by atoms with E-state index in [2.05, 4.69) is 17.2 Å². The van der Waals surface area contributed by atoms with Crippen molar-refractivity contribution < 1.29 is 14.8 Å². The highest BCUT2D eigenvalue weighted by atomic mass is 16.6. The van der Waals surface area contributed by atoms with Gasteiger partial charge in [-0.05, 0) is 12.1 Å². The molecule has 94 valence electrons. The molecule has 0 aliphatic rings. The number of rotatable bonds is 3. The monoisotopic (exact) mass is 248 g/mol. The summed E-state index contributed by atoms with van der Waals surface area (Å²) in [5.41, 5.74) is 0.394. The Morgan fingerprint density at radius 1 is 1.56 bits per heavy atom. The van der Waals surface area contributed by atoms with Crippen molar-refractivity contribution in [1.29, 1.82) is 0 Å². The van der Waals surface area contributed by atoms with Gasteiger partial charge in [-0.25, -0.2) is 0 Å². The summed E-state index contributed by atoms with van der Waals surface area (Å²) in [7, 11) is 0. The number of anilines is 1. The molecule has 0 fully saturated rings. The summed E-state index contributed by atoms with van der Waals surface area (Å²) in [6, 6.07) is 4.29. The summed E-state index contributed by atoms with van der Waals surface area (Å²) in [5.74, 6) is 4.98. The highest BCUT2D eigenvalue weighted by Crippen LogP contribution is 2.25. The van der Waals surface area contributed by atoms with Gasteiger partial charge in [0.25, 0.3) is 5.69 Å². The molecular weight excluding hydrogens is 236 g/mol. The Balaban J connectivity index is 3.08. The van der Waals surface area contributed by atoms with Gasteiger partial charge < -0.3 is 10.4 Å². The summed E-state index contributed by atoms with van der Waals surface area (Å²) in [5, 5.41) is 21.8. The Morgan fingerprint density at radius 3 is 2.83 bits per heavy atom. The van der Waals surface area contributed by atoms with E-state index >= 15 is 0 Å². The van der Waals surface area contributed by atoms with E-state index in [-0.39, 0.29) is 23.9 Å². The number of amides is 1. The first-order chi connectivity index (χ1) is 8.54. The van der Waals surface area contributed by atoms with Crippen molar-refractivity contribution >= 4 is 17.3 Å². The first-order valence-corrected chi connectivity index (χ1v) is 5.20. The molecule has 2 N–H and O–H groups in total. The molecule has 18 heavy (non-hydrogen) atoms. The number of nitro benzene ring substituents is 1. The molecular formula is C12H12N2O4. The lowest BCUT2D eigenvalue weighted by Crippen LogP contribution is -2.08. The van der Waals surface area contributed by atoms with Crippen LogP contribution in [0.4, 0.5) is 11.4 Å². The molecule has 0 bridgehead atoms. The molecule has 0 saturated carbocycles. The zero-order valence-corrected chi connectivity index (χ0v) is 9.77. The number of nitrogens with zero attached hydrogens (tertiary/aromatic N) is 1. The van der Waals surface area contributed by atoms with Crippen LogP contribution < -0.4 is 5.32 Å². The molecule has 0 radical (unpaired) electrons. The molecule has 0 heterocycles. The van der Waals surface area contributed by atoms with Crippen molar-refractivity contribution in [2.75, 3.05) is 11.9 Å². The minimum Gasteiger partial charge on any atom is -0.395 e. The average Bonchev–Trinajstić information content (AvgIpc) is 2.30. The predicted octanol–water partition coefficient (Wildman–Crippen LogP) is 1.29. The Bertz CT molecular complexity index is 529. The van der Waals surface area contributed by atoms with Crippen LogP contribution in [0.2, 0.25) is 0 Å². The van der Waals surface area contributed by atoms with Gasteiger partial charge in [0.15, 0.2) is 0 Å². The number of aliphatic hydroxyl groups is 1. The van der Waals surface area contributed by atoms with Crippen molar-refractivity contribution in [3.63, 3.8) is 0 Å². The van der Waals surface area contributed by atoms with Crippen LogP contribution in [0.1, 0.15) is 18.9 Å². The number of nitrogens with one attached hydrogen (secondary N) is 1. The van der Waals surface area contributed by atoms with Gasteiger partial charge in [0.2, 0.25) is 5.91 Å². The molecule has 0 aromatic heterocycles. The van der Waals surface area contributed by atoms with Crippen molar-refractivity contribution in [1.82, 2.24) is 0 Å². The second-order valence-corrected chi connectivity index (χ2v) is 3.45. The smallest absolute Gasteiger partial charge is 0.293 e.